The first-order chi connectivity index (χ1) is 15.3. The van der Waals surface area contributed by atoms with Gasteiger partial charge in [0.25, 0.3) is 5.91 Å². The molecule has 1 saturated heterocycles. The van der Waals surface area contributed by atoms with Gasteiger partial charge in [-0.2, -0.15) is 0 Å². The highest BCUT2D eigenvalue weighted by Gasteiger charge is 2.27. The van der Waals surface area contributed by atoms with Crippen molar-refractivity contribution in [2.45, 2.75) is 25.9 Å². The monoisotopic (exact) mass is 433 g/mol. The number of hydrogen-bond acceptors (Lipinski definition) is 5. The smallest absolute Gasteiger partial charge is 0.253 e. The lowest BCUT2D eigenvalue weighted by Crippen LogP contribution is -2.41. The lowest BCUT2D eigenvalue weighted by Gasteiger charge is -2.34. The summed E-state index contributed by atoms with van der Waals surface area (Å²) in [5.41, 5.74) is 6.32. The number of piperidine rings is 1. The third-order valence-corrected chi connectivity index (χ3v) is 6.97. The molecule has 1 aromatic heterocycles. The first-order valence-electron chi connectivity index (χ1n) is 11.0. The maximum atomic E-state index is 12.9. The Morgan fingerprint density at radius 3 is 2.65 bits per heavy atom. The molecule has 6 heteroatoms. The van der Waals surface area contributed by atoms with E-state index in [0.29, 0.717) is 12.5 Å². The number of para-hydroxylation sites is 1. The van der Waals surface area contributed by atoms with E-state index < -0.39 is 0 Å². The zero-order valence-electron chi connectivity index (χ0n) is 17.6. The van der Waals surface area contributed by atoms with Gasteiger partial charge in [-0.15, -0.1) is 11.3 Å². The average Bonchev–Trinajstić information content (AvgIpc) is 3.49. The second-order valence-corrected chi connectivity index (χ2v) is 9.07. The molecule has 160 valence electrons. The van der Waals surface area contributed by atoms with E-state index in [4.69, 9.17) is 4.74 Å². The van der Waals surface area contributed by atoms with E-state index in [-0.39, 0.29) is 5.91 Å². The average molecular weight is 434 g/mol. The lowest BCUT2D eigenvalue weighted by molar-refractivity contribution is 0.0693. The summed E-state index contributed by atoms with van der Waals surface area (Å²) in [6.45, 7) is 4.34. The largest absolute Gasteiger partial charge is 0.487 e. The Labute approximate surface area is 187 Å². The molecule has 1 amide bonds. The van der Waals surface area contributed by atoms with Crippen LogP contribution in [-0.4, -0.2) is 42.0 Å². The van der Waals surface area contributed by atoms with Crippen LogP contribution in [0.25, 0.3) is 0 Å². The van der Waals surface area contributed by atoms with E-state index in [9.17, 15) is 4.79 Å². The number of carbonyl (C=O) groups excluding carboxylic acids is 1. The van der Waals surface area contributed by atoms with E-state index in [2.05, 4.69) is 34.1 Å². The molecule has 3 heterocycles. The summed E-state index contributed by atoms with van der Waals surface area (Å²) in [6.07, 6.45) is 3.29. The standard InChI is InChI=1S/C25H27N3O2S/c29-25(21-5-7-23(8-6-21)30-16-22-17-31-18-26-22)27-12-9-19(10-13-27)15-28-14-11-20-3-1-2-4-24(20)28/h1-8,17-19H,9-16H2. The van der Waals surface area contributed by atoms with Gasteiger partial charge in [-0.3, -0.25) is 4.79 Å². The number of anilines is 1. The Balaban J connectivity index is 1.11. The van der Waals surface area contributed by atoms with Gasteiger partial charge < -0.3 is 14.5 Å². The maximum Gasteiger partial charge on any atom is 0.253 e. The summed E-state index contributed by atoms with van der Waals surface area (Å²) in [4.78, 5) is 21.7. The number of rotatable bonds is 6. The van der Waals surface area contributed by atoms with Gasteiger partial charge in [0, 0.05) is 42.8 Å². The van der Waals surface area contributed by atoms with E-state index >= 15 is 0 Å². The molecule has 0 spiro atoms. The predicted molar refractivity (Wildman–Crippen MR) is 124 cm³/mol. The molecular weight excluding hydrogens is 406 g/mol. The van der Waals surface area contributed by atoms with E-state index in [0.717, 1.165) is 62.4 Å². The minimum Gasteiger partial charge on any atom is -0.487 e. The number of ether oxygens (including phenoxy) is 1. The summed E-state index contributed by atoms with van der Waals surface area (Å²) in [7, 11) is 0. The number of amides is 1. The highest BCUT2D eigenvalue weighted by Crippen LogP contribution is 2.30. The van der Waals surface area contributed by atoms with Crippen molar-refractivity contribution in [2.24, 2.45) is 5.92 Å². The zero-order chi connectivity index (χ0) is 21.0. The van der Waals surface area contributed by atoms with Crippen LogP contribution in [0.15, 0.2) is 59.4 Å². The molecule has 0 aliphatic carbocycles. The van der Waals surface area contributed by atoms with Crippen LogP contribution in [0, 0.1) is 5.92 Å². The van der Waals surface area contributed by atoms with Gasteiger partial charge in [0.1, 0.15) is 12.4 Å². The number of likely N-dealkylation sites (tertiary alicyclic amines) is 1. The van der Waals surface area contributed by atoms with Crippen molar-refractivity contribution in [3.05, 3.63) is 76.2 Å². The normalized spacial score (nSPS) is 16.4. The Bertz CT molecular complexity index is 1010. The van der Waals surface area contributed by atoms with Crippen LogP contribution in [0.3, 0.4) is 0 Å². The lowest BCUT2D eigenvalue weighted by atomic mass is 9.95. The molecule has 0 radical (unpaired) electrons. The van der Waals surface area contributed by atoms with E-state index in [1.807, 2.05) is 34.5 Å². The fourth-order valence-electron chi connectivity index (χ4n) is 4.57. The molecule has 5 rings (SSSR count). The fourth-order valence-corrected chi connectivity index (χ4v) is 5.11. The number of aromatic nitrogens is 1. The number of carbonyl (C=O) groups is 1. The topological polar surface area (TPSA) is 45.7 Å². The third-order valence-electron chi connectivity index (χ3n) is 6.34. The van der Waals surface area contributed by atoms with Crippen molar-refractivity contribution in [1.82, 2.24) is 9.88 Å². The Morgan fingerprint density at radius 1 is 1.06 bits per heavy atom. The molecular formula is C25H27N3O2S. The highest BCUT2D eigenvalue weighted by molar-refractivity contribution is 7.07. The van der Waals surface area contributed by atoms with Crippen LogP contribution < -0.4 is 9.64 Å². The van der Waals surface area contributed by atoms with Gasteiger partial charge in [-0.25, -0.2) is 4.98 Å². The molecule has 0 N–H and O–H groups in total. The predicted octanol–water partition coefficient (Wildman–Crippen LogP) is 4.64. The minimum atomic E-state index is 0.121. The minimum absolute atomic E-state index is 0.121. The molecule has 3 aromatic rings. The zero-order valence-corrected chi connectivity index (χ0v) is 18.4. The molecule has 5 nitrogen and oxygen atoms in total. The van der Waals surface area contributed by atoms with Crippen LogP contribution in [0.4, 0.5) is 5.69 Å². The van der Waals surface area contributed by atoms with Crippen LogP contribution in [0.5, 0.6) is 5.75 Å². The first kappa shape index (κ1) is 20.1. The molecule has 2 aliphatic rings. The molecule has 2 aliphatic heterocycles. The van der Waals surface area contributed by atoms with Crippen LogP contribution in [0.1, 0.15) is 34.5 Å². The van der Waals surface area contributed by atoms with Gasteiger partial charge >= 0.3 is 0 Å². The summed E-state index contributed by atoms with van der Waals surface area (Å²) in [5, 5.41) is 1.98. The van der Waals surface area contributed by atoms with Crippen molar-refractivity contribution < 1.29 is 9.53 Å². The van der Waals surface area contributed by atoms with Gasteiger partial charge in [0.05, 0.1) is 11.2 Å². The van der Waals surface area contributed by atoms with Gasteiger partial charge in [-0.05, 0) is 61.1 Å². The van der Waals surface area contributed by atoms with Crippen molar-refractivity contribution in [2.75, 3.05) is 31.1 Å². The molecule has 1 fully saturated rings. The quantitative estimate of drug-likeness (QED) is 0.568. The Morgan fingerprint density at radius 2 is 1.87 bits per heavy atom. The fraction of sp³-hybridized carbons (Fsp3) is 0.360. The molecule has 0 saturated carbocycles. The SMILES string of the molecule is O=C(c1ccc(OCc2cscn2)cc1)N1CCC(CN2CCc3ccccc32)CC1. The van der Waals surface area contributed by atoms with Crippen LogP contribution in [0.2, 0.25) is 0 Å². The second kappa shape index (κ2) is 9.10. The second-order valence-electron chi connectivity index (χ2n) is 8.35. The summed E-state index contributed by atoms with van der Waals surface area (Å²) in [6, 6.07) is 16.2. The van der Waals surface area contributed by atoms with Gasteiger partial charge in [0.2, 0.25) is 0 Å². The number of thiazole rings is 1. The van der Waals surface area contributed by atoms with Crippen LogP contribution >= 0.6 is 11.3 Å². The highest BCUT2D eigenvalue weighted by atomic mass is 32.1. The molecule has 0 atom stereocenters. The number of nitrogens with zero attached hydrogens (tertiary/aromatic N) is 3. The van der Waals surface area contributed by atoms with Crippen molar-refractivity contribution in [3.8, 4) is 5.75 Å². The Hall–Kier alpha value is -2.86. The van der Waals surface area contributed by atoms with Gasteiger partial charge in [-0.1, -0.05) is 18.2 Å². The first-order valence-corrected chi connectivity index (χ1v) is 11.9. The number of hydrogen-bond donors (Lipinski definition) is 0. The molecule has 0 bridgehead atoms. The van der Waals surface area contributed by atoms with Crippen molar-refractivity contribution in [3.63, 3.8) is 0 Å². The molecule has 31 heavy (non-hydrogen) atoms. The number of benzene rings is 2. The summed E-state index contributed by atoms with van der Waals surface area (Å²) < 4.78 is 5.75. The number of fused-ring (bicyclic) bond motifs is 1. The van der Waals surface area contributed by atoms with E-state index in [1.165, 1.54) is 11.3 Å². The van der Waals surface area contributed by atoms with Crippen molar-refractivity contribution >= 4 is 22.9 Å². The maximum absolute atomic E-state index is 12.9. The van der Waals surface area contributed by atoms with Crippen LogP contribution in [-0.2, 0) is 13.0 Å². The van der Waals surface area contributed by atoms with Gasteiger partial charge in [0.15, 0.2) is 0 Å². The van der Waals surface area contributed by atoms with Crippen molar-refractivity contribution in [1.29, 1.82) is 0 Å². The summed E-state index contributed by atoms with van der Waals surface area (Å²) in [5.74, 6) is 1.53. The summed E-state index contributed by atoms with van der Waals surface area (Å²) >= 11 is 1.56. The Kier molecular flexibility index (Phi) is 5.89. The molecule has 0 unspecified atom stereocenters. The molecule has 2 aromatic carbocycles. The van der Waals surface area contributed by atoms with E-state index in [1.54, 1.807) is 16.8 Å². The third kappa shape index (κ3) is 4.59.